The topological polar surface area (TPSA) is 24.1 Å². The Morgan fingerprint density at radius 2 is 1.81 bits per heavy atom. The number of benzene rings is 1. The standard InChI is InChI=1S/C13H22N2S/c1-13(2,10-14-3)15-9-11-5-7-12(16-4)8-6-11/h5-8,14-15H,9-10H2,1-4H3. The van der Waals surface area contributed by atoms with Crippen molar-refractivity contribution in [2.75, 3.05) is 19.8 Å². The van der Waals surface area contributed by atoms with E-state index in [9.17, 15) is 0 Å². The summed E-state index contributed by atoms with van der Waals surface area (Å²) < 4.78 is 0. The van der Waals surface area contributed by atoms with Gasteiger partial charge in [0, 0.05) is 23.5 Å². The van der Waals surface area contributed by atoms with Crippen LogP contribution in [0.3, 0.4) is 0 Å². The molecule has 1 aromatic carbocycles. The van der Waals surface area contributed by atoms with Gasteiger partial charge >= 0.3 is 0 Å². The molecule has 3 heteroatoms. The molecule has 0 saturated heterocycles. The molecule has 0 saturated carbocycles. The van der Waals surface area contributed by atoms with Crippen molar-refractivity contribution in [2.24, 2.45) is 0 Å². The van der Waals surface area contributed by atoms with Crippen LogP contribution in [0.25, 0.3) is 0 Å². The number of hydrogen-bond acceptors (Lipinski definition) is 3. The summed E-state index contributed by atoms with van der Waals surface area (Å²) in [5, 5.41) is 6.74. The van der Waals surface area contributed by atoms with Crippen LogP contribution >= 0.6 is 11.8 Å². The maximum absolute atomic E-state index is 3.54. The number of hydrogen-bond donors (Lipinski definition) is 2. The fourth-order valence-electron chi connectivity index (χ4n) is 1.59. The highest BCUT2D eigenvalue weighted by Gasteiger charge is 2.14. The maximum atomic E-state index is 3.54. The molecule has 0 radical (unpaired) electrons. The minimum absolute atomic E-state index is 0.132. The van der Waals surface area contributed by atoms with Gasteiger partial charge in [-0.05, 0) is 44.8 Å². The third-order valence-corrected chi connectivity index (χ3v) is 3.29. The highest BCUT2D eigenvalue weighted by Crippen LogP contribution is 2.15. The quantitative estimate of drug-likeness (QED) is 0.745. The molecule has 0 amide bonds. The first-order valence-electron chi connectivity index (χ1n) is 5.60. The lowest BCUT2D eigenvalue weighted by Crippen LogP contribution is -2.46. The lowest BCUT2D eigenvalue weighted by molar-refractivity contribution is 0.374. The summed E-state index contributed by atoms with van der Waals surface area (Å²) in [6, 6.07) is 8.72. The Morgan fingerprint density at radius 1 is 1.19 bits per heavy atom. The Labute approximate surface area is 103 Å². The van der Waals surface area contributed by atoms with Crippen molar-refractivity contribution in [2.45, 2.75) is 30.8 Å². The van der Waals surface area contributed by atoms with Crippen molar-refractivity contribution in [3.63, 3.8) is 0 Å². The molecule has 2 N–H and O–H groups in total. The molecule has 2 nitrogen and oxygen atoms in total. The van der Waals surface area contributed by atoms with Gasteiger partial charge in [0.05, 0.1) is 0 Å². The third-order valence-electron chi connectivity index (χ3n) is 2.55. The van der Waals surface area contributed by atoms with E-state index in [-0.39, 0.29) is 5.54 Å². The van der Waals surface area contributed by atoms with E-state index in [1.165, 1.54) is 10.5 Å². The predicted molar refractivity (Wildman–Crippen MR) is 73.1 cm³/mol. The zero-order valence-corrected chi connectivity index (χ0v) is 11.4. The molecule has 0 atom stereocenters. The lowest BCUT2D eigenvalue weighted by atomic mass is 10.1. The molecule has 1 rings (SSSR count). The van der Waals surface area contributed by atoms with Crippen molar-refractivity contribution in [1.29, 1.82) is 0 Å². The molecular weight excluding hydrogens is 216 g/mol. The Hall–Kier alpha value is -0.510. The summed E-state index contributed by atoms with van der Waals surface area (Å²) in [6.45, 7) is 6.30. The summed E-state index contributed by atoms with van der Waals surface area (Å²) in [6.07, 6.45) is 2.10. The van der Waals surface area contributed by atoms with Gasteiger partial charge in [0.2, 0.25) is 0 Å². The van der Waals surface area contributed by atoms with Crippen molar-refractivity contribution < 1.29 is 0 Å². The largest absolute Gasteiger partial charge is 0.318 e. The Kier molecular flexibility index (Phi) is 5.32. The monoisotopic (exact) mass is 238 g/mol. The van der Waals surface area contributed by atoms with Gasteiger partial charge < -0.3 is 10.6 Å². The molecule has 0 aliphatic heterocycles. The van der Waals surface area contributed by atoms with Crippen LogP contribution in [0.15, 0.2) is 29.2 Å². The summed E-state index contributed by atoms with van der Waals surface area (Å²) in [5.41, 5.74) is 1.47. The fraction of sp³-hybridized carbons (Fsp3) is 0.538. The van der Waals surface area contributed by atoms with E-state index in [0.717, 1.165) is 13.1 Å². The van der Waals surface area contributed by atoms with Crippen molar-refractivity contribution in [3.05, 3.63) is 29.8 Å². The summed E-state index contributed by atoms with van der Waals surface area (Å²) in [7, 11) is 1.98. The number of thioether (sulfide) groups is 1. The second-order valence-electron chi connectivity index (χ2n) is 4.62. The third kappa shape index (κ3) is 4.56. The number of nitrogens with one attached hydrogen (secondary N) is 2. The molecule has 90 valence electrons. The summed E-state index contributed by atoms with van der Waals surface area (Å²) >= 11 is 1.78. The van der Waals surface area contributed by atoms with Crippen LogP contribution < -0.4 is 10.6 Å². The molecule has 1 aromatic rings. The van der Waals surface area contributed by atoms with Crippen LogP contribution in [0.5, 0.6) is 0 Å². The Morgan fingerprint density at radius 3 is 2.31 bits per heavy atom. The molecule has 0 heterocycles. The highest BCUT2D eigenvalue weighted by molar-refractivity contribution is 7.98. The number of likely N-dealkylation sites (N-methyl/N-ethyl adjacent to an activating group) is 1. The Balaban J connectivity index is 2.48. The van der Waals surface area contributed by atoms with Crippen molar-refractivity contribution >= 4 is 11.8 Å². The minimum Gasteiger partial charge on any atom is -0.318 e. The molecule has 0 fully saturated rings. The maximum Gasteiger partial charge on any atom is 0.0252 e. The number of rotatable bonds is 6. The second kappa shape index (κ2) is 6.28. The molecule has 0 bridgehead atoms. The molecule has 16 heavy (non-hydrogen) atoms. The zero-order valence-electron chi connectivity index (χ0n) is 10.6. The van der Waals surface area contributed by atoms with Gasteiger partial charge in [-0.25, -0.2) is 0 Å². The first-order valence-corrected chi connectivity index (χ1v) is 6.82. The fourth-order valence-corrected chi connectivity index (χ4v) is 2.00. The Bertz CT molecular complexity index is 306. The van der Waals surface area contributed by atoms with Crippen LogP contribution in [-0.4, -0.2) is 25.4 Å². The van der Waals surface area contributed by atoms with Crippen LogP contribution in [0, 0.1) is 0 Å². The van der Waals surface area contributed by atoms with Crippen LogP contribution in [-0.2, 0) is 6.54 Å². The zero-order chi connectivity index (χ0) is 12.0. The summed E-state index contributed by atoms with van der Waals surface area (Å²) in [4.78, 5) is 1.32. The SMILES string of the molecule is CNCC(C)(C)NCc1ccc(SC)cc1. The average molecular weight is 238 g/mol. The average Bonchev–Trinajstić information content (AvgIpc) is 2.27. The molecule has 0 unspecified atom stereocenters. The van der Waals surface area contributed by atoms with E-state index < -0.39 is 0 Å². The van der Waals surface area contributed by atoms with Crippen LogP contribution in [0.4, 0.5) is 0 Å². The normalized spacial score (nSPS) is 11.8. The van der Waals surface area contributed by atoms with Crippen LogP contribution in [0.2, 0.25) is 0 Å². The second-order valence-corrected chi connectivity index (χ2v) is 5.50. The van der Waals surface area contributed by atoms with E-state index in [1.54, 1.807) is 11.8 Å². The molecular formula is C13H22N2S. The highest BCUT2D eigenvalue weighted by atomic mass is 32.2. The smallest absolute Gasteiger partial charge is 0.0252 e. The van der Waals surface area contributed by atoms with E-state index >= 15 is 0 Å². The van der Waals surface area contributed by atoms with Crippen molar-refractivity contribution in [1.82, 2.24) is 10.6 Å². The van der Waals surface area contributed by atoms with Crippen molar-refractivity contribution in [3.8, 4) is 0 Å². The molecule has 0 aliphatic carbocycles. The first-order chi connectivity index (χ1) is 7.57. The van der Waals surface area contributed by atoms with E-state index in [2.05, 4.69) is 55.0 Å². The van der Waals surface area contributed by atoms with Gasteiger partial charge in [-0.1, -0.05) is 12.1 Å². The van der Waals surface area contributed by atoms with Crippen LogP contribution in [0.1, 0.15) is 19.4 Å². The minimum atomic E-state index is 0.132. The van der Waals surface area contributed by atoms with Gasteiger partial charge in [-0.2, -0.15) is 0 Å². The first kappa shape index (κ1) is 13.6. The van der Waals surface area contributed by atoms with Gasteiger partial charge in [0.1, 0.15) is 0 Å². The van der Waals surface area contributed by atoms with E-state index in [1.807, 2.05) is 7.05 Å². The lowest BCUT2D eigenvalue weighted by Gasteiger charge is -2.26. The molecule has 0 aliphatic rings. The van der Waals surface area contributed by atoms with E-state index in [0.29, 0.717) is 0 Å². The predicted octanol–water partition coefficient (Wildman–Crippen LogP) is 2.50. The van der Waals surface area contributed by atoms with Gasteiger partial charge in [-0.15, -0.1) is 11.8 Å². The van der Waals surface area contributed by atoms with Gasteiger partial charge in [-0.3, -0.25) is 0 Å². The van der Waals surface area contributed by atoms with Gasteiger partial charge in [0.25, 0.3) is 0 Å². The van der Waals surface area contributed by atoms with E-state index in [4.69, 9.17) is 0 Å². The summed E-state index contributed by atoms with van der Waals surface area (Å²) in [5.74, 6) is 0. The molecule has 0 spiro atoms. The molecule has 0 aromatic heterocycles. The van der Waals surface area contributed by atoms with Gasteiger partial charge in [0.15, 0.2) is 0 Å².